The number of hydrogen-bond acceptors (Lipinski definition) is 5. The molecule has 0 bridgehead atoms. The third-order valence-corrected chi connectivity index (χ3v) is 7.04. The molecule has 196 valence electrons. The van der Waals surface area contributed by atoms with E-state index in [1.165, 1.54) is 11.1 Å². The number of methoxy groups -OCH3 is 1. The van der Waals surface area contributed by atoms with Crippen molar-refractivity contribution in [3.8, 4) is 0 Å². The second kappa shape index (κ2) is 13.5. The van der Waals surface area contributed by atoms with Gasteiger partial charge in [-0.3, -0.25) is 4.18 Å². The van der Waals surface area contributed by atoms with Crippen molar-refractivity contribution in [3.05, 3.63) is 101 Å². The summed E-state index contributed by atoms with van der Waals surface area (Å²) in [6, 6.07) is 23.5. The monoisotopic (exact) mass is 520 g/mol. The molecular weight excluding hydrogens is 484 g/mol. The lowest BCUT2D eigenvalue weighted by molar-refractivity contribution is 0.0554. The summed E-state index contributed by atoms with van der Waals surface area (Å²) in [5.74, 6) is 0. The Morgan fingerprint density at radius 1 is 0.622 bits per heavy atom. The van der Waals surface area contributed by atoms with Crippen LogP contribution in [0.2, 0.25) is 0 Å². The zero-order chi connectivity index (χ0) is 26.7. The van der Waals surface area contributed by atoms with Gasteiger partial charge in [-0.2, -0.15) is 8.42 Å². The minimum absolute atomic E-state index is 0.0393. The molecule has 3 rings (SSSR count). The Kier molecular flexibility index (Phi) is 10.4. The van der Waals surface area contributed by atoms with Gasteiger partial charge in [-0.05, 0) is 45.4 Å². The molecule has 3 aromatic carbocycles. The fourth-order valence-electron chi connectivity index (χ4n) is 3.46. The summed E-state index contributed by atoms with van der Waals surface area (Å²) in [5, 5.41) is 0. The Hall–Kier alpha value is -3.03. The Morgan fingerprint density at radius 2 is 1.03 bits per heavy atom. The van der Waals surface area contributed by atoms with E-state index in [1.54, 1.807) is 31.4 Å². The van der Waals surface area contributed by atoms with Crippen LogP contribution in [0.25, 0.3) is 24.3 Å². The van der Waals surface area contributed by atoms with Crippen LogP contribution >= 0.6 is 0 Å². The smallest absolute Gasteiger partial charge is 0.297 e. The molecule has 0 aliphatic rings. The Bertz CT molecular complexity index is 1270. The molecule has 0 aliphatic carbocycles. The molecular formula is C31H36O5S. The van der Waals surface area contributed by atoms with Gasteiger partial charge in [-0.1, -0.05) is 106 Å². The Balaban J connectivity index is 1.53. The van der Waals surface area contributed by atoms with E-state index in [-0.39, 0.29) is 23.5 Å². The summed E-state index contributed by atoms with van der Waals surface area (Å²) < 4.78 is 39.8. The number of rotatable bonds is 12. The molecule has 0 aromatic heterocycles. The highest BCUT2D eigenvalue weighted by atomic mass is 32.2. The molecule has 0 heterocycles. The maximum Gasteiger partial charge on any atom is 0.297 e. The maximum absolute atomic E-state index is 12.3. The average molecular weight is 521 g/mol. The van der Waals surface area contributed by atoms with Crippen molar-refractivity contribution in [3.63, 3.8) is 0 Å². The molecule has 0 spiro atoms. The molecule has 37 heavy (non-hydrogen) atoms. The molecule has 5 nitrogen and oxygen atoms in total. The Labute approximate surface area is 221 Å². The molecule has 0 N–H and O–H groups in total. The SMILES string of the molecule is COCCOCCOS(=O)(=O)c1ccc(/C=C/c2ccc(/C=C/c3ccc(C(C)(C)C)cc3)cc2)cc1. The van der Waals surface area contributed by atoms with Gasteiger partial charge in [0, 0.05) is 7.11 Å². The third kappa shape index (κ3) is 9.41. The summed E-state index contributed by atoms with van der Waals surface area (Å²) >= 11 is 0. The average Bonchev–Trinajstić information content (AvgIpc) is 2.89. The van der Waals surface area contributed by atoms with Crippen LogP contribution < -0.4 is 0 Å². The van der Waals surface area contributed by atoms with Crippen molar-refractivity contribution in [2.45, 2.75) is 31.1 Å². The quantitative estimate of drug-likeness (QED) is 0.151. The summed E-state index contributed by atoms with van der Waals surface area (Å²) in [5.41, 5.74) is 5.72. The highest BCUT2D eigenvalue weighted by molar-refractivity contribution is 7.86. The predicted octanol–water partition coefficient (Wildman–Crippen LogP) is 6.69. The predicted molar refractivity (Wildman–Crippen MR) is 152 cm³/mol. The number of benzene rings is 3. The van der Waals surface area contributed by atoms with Crippen LogP contribution in [0.1, 0.15) is 48.6 Å². The van der Waals surface area contributed by atoms with E-state index in [2.05, 4.69) is 81.5 Å². The Morgan fingerprint density at radius 3 is 1.46 bits per heavy atom. The zero-order valence-corrected chi connectivity index (χ0v) is 22.8. The second-order valence-electron chi connectivity index (χ2n) is 9.66. The maximum atomic E-state index is 12.3. The van der Waals surface area contributed by atoms with E-state index < -0.39 is 10.1 Å². The summed E-state index contributed by atoms with van der Waals surface area (Å²) in [7, 11) is -2.24. The van der Waals surface area contributed by atoms with Gasteiger partial charge >= 0.3 is 0 Å². The van der Waals surface area contributed by atoms with E-state index in [0.717, 1.165) is 16.7 Å². The highest BCUT2D eigenvalue weighted by Crippen LogP contribution is 2.23. The van der Waals surface area contributed by atoms with Crippen LogP contribution in [0.5, 0.6) is 0 Å². The lowest BCUT2D eigenvalue weighted by atomic mass is 9.87. The van der Waals surface area contributed by atoms with E-state index in [4.69, 9.17) is 13.7 Å². The van der Waals surface area contributed by atoms with Crippen LogP contribution in [0.3, 0.4) is 0 Å². The van der Waals surface area contributed by atoms with Gasteiger partial charge in [0.2, 0.25) is 0 Å². The number of hydrogen-bond donors (Lipinski definition) is 0. The van der Waals surface area contributed by atoms with Crippen molar-refractivity contribution in [2.75, 3.05) is 33.5 Å². The third-order valence-electron chi connectivity index (χ3n) is 5.72. The van der Waals surface area contributed by atoms with Crippen molar-refractivity contribution in [2.24, 2.45) is 0 Å². The summed E-state index contributed by atoms with van der Waals surface area (Å²) in [6.45, 7) is 7.64. The first-order chi connectivity index (χ1) is 17.7. The zero-order valence-electron chi connectivity index (χ0n) is 22.0. The second-order valence-corrected chi connectivity index (χ2v) is 11.3. The van der Waals surface area contributed by atoms with Crippen LogP contribution in [0.4, 0.5) is 0 Å². The fourth-order valence-corrected chi connectivity index (χ4v) is 4.35. The van der Waals surface area contributed by atoms with Crippen LogP contribution in [-0.4, -0.2) is 42.0 Å². The molecule has 0 unspecified atom stereocenters. The van der Waals surface area contributed by atoms with Gasteiger partial charge in [0.15, 0.2) is 0 Å². The molecule has 0 atom stereocenters. The van der Waals surface area contributed by atoms with Gasteiger partial charge in [0.1, 0.15) is 0 Å². The first kappa shape index (κ1) is 28.5. The van der Waals surface area contributed by atoms with Gasteiger partial charge in [0.05, 0.1) is 31.3 Å². The van der Waals surface area contributed by atoms with E-state index in [0.29, 0.717) is 13.2 Å². The molecule has 0 fully saturated rings. The summed E-state index contributed by atoms with van der Waals surface area (Å²) in [4.78, 5) is 0.116. The van der Waals surface area contributed by atoms with Gasteiger partial charge in [0.25, 0.3) is 10.1 Å². The van der Waals surface area contributed by atoms with Crippen molar-refractivity contribution < 1.29 is 22.1 Å². The summed E-state index contributed by atoms with van der Waals surface area (Å²) in [6.07, 6.45) is 8.16. The molecule has 0 saturated carbocycles. The van der Waals surface area contributed by atoms with Gasteiger partial charge < -0.3 is 9.47 Å². The van der Waals surface area contributed by atoms with Crippen LogP contribution in [-0.2, 0) is 29.2 Å². The minimum atomic E-state index is -3.82. The first-order valence-electron chi connectivity index (χ1n) is 12.3. The largest absolute Gasteiger partial charge is 0.382 e. The standard InChI is InChI=1S/C31H36O5S/c1-31(2,3)29-17-13-27(14-18-29)11-9-25-5-7-26(8-6-25)10-12-28-15-19-30(20-16-28)37(32,33)36-24-23-35-22-21-34-4/h5-20H,21-24H2,1-4H3/b11-9+,12-10+. The van der Waals surface area contributed by atoms with E-state index >= 15 is 0 Å². The van der Waals surface area contributed by atoms with Gasteiger partial charge in [-0.25, -0.2) is 0 Å². The molecule has 0 radical (unpaired) electrons. The number of ether oxygens (including phenoxy) is 2. The molecule has 6 heteroatoms. The first-order valence-corrected chi connectivity index (χ1v) is 13.7. The van der Waals surface area contributed by atoms with Crippen molar-refractivity contribution in [1.82, 2.24) is 0 Å². The topological polar surface area (TPSA) is 61.8 Å². The lowest BCUT2D eigenvalue weighted by Crippen LogP contribution is -2.13. The molecule has 3 aromatic rings. The van der Waals surface area contributed by atoms with Crippen molar-refractivity contribution >= 4 is 34.4 Å². The van der Waals surface area contributed by atoms with Crippen LogP contribution in [0.15, 0.2) is 77.7 Å². The van der Waals surface area contributed by atoms with E-state index in [9.17, 15) is 8.42 Å². The molecule has 0 saturated heterocycles. The minimum Gasteiger partial charge on any atom is -0.382 e. The lowest BCUT2D eigenvalue weighted by Gasteiger charge is -2.18. The van der Waals surface area contributed by atoms with Crippen LogP contribution in [0, 0.1) is 0 Å². The highest BCUT2D eigenvalue weighted by Gasteiger charge is 2.14. The van der Waals surface area contributed by atoms with Gasteiger partial charge in [-0.15, -0.1) is 0 Å². The normalized spacial score (nSPS) is 12.5. The van der Waals surface area contributed by atoms with Crippen molar-refractivity contribution in [1.29, 1.82) is 0 Å². The fraction of sp³-hybridized carbons (Fsp3) is 0.290. The molecule has 0 amide bonds. The molecule has 0 aliphatic heterocycles. The van der Waals surface area contributed by atoms with E-state index in [1.807, 2.05) is 12.2 Å².